The van der Waals surface area contributed by atoms with Crippen LogP contribution < -0.4 is 5.73 Å². The quantitative estimate of drug-likeness (QED) is 0.324. The van der Waals surface area contributed by atoms with Gasteiger partial charge in [0.15, 0.2) is 5.84 Å². The van der Waals surface area contributed by atoms with Crippen molar-refractivity contribution in [1.29, 1.82) is 0 Å². The van der Waals surface area contributed by atoms with E-state index in [0.717, 1.165) is 12.8 Å². The van der Waals surface area contributed by atoms with Crippen LogP contribution in [0.15, 0.2) is 5.16 Å². The summed E-state index contributed by atoms with van der Waals surface area (Å²) in [5, 5.41) is 11.5. The normalized spacial score (nSPS) is 18.4. The van der Waals surface area contributed by atoms with Gasteiger partial charge in [0.05, 0.1) is 6.54 Å². The summed E-state index contributed by atoms with van der Waals surface area (Å²) in [4.78, 5) is 13.9. The summed E-state index contributed by atoms with van der Waals surface area (Å²) < 4.78 is 5.23. The number of amides is 1. The van der Waals surface area contributed by atoms with Crippen LogP contribution in [-0.4, -0.2) is 47.7 Å². The van der Waals surface area contributed by atoms with Gasteiger partial charge < -0.3 is 20.6 Å². The fourth-order valence-corrected chi connectivity index (χ4v) is 1.90. The summed E-state index contributed by atoms with van der Waals surface area (Å²) in [6.45, 7) is 5.27. The number of ether oxygens (including phenoxy) is 1. The molecule has 0 aromatic heterocycles. The van der Waals surface area contributed by atoms with E-state index >= 15 is 0 Å². The molecule has 0 saturated carbocycles. The zero-order valence-corrected chi connectivity index (χ0v) is 10.4. The van der Waals surface area contributed by atoms with Gasteiger partial charge in [0.2, 0.25) is 5.91 Å². The first-order valence-corrected chi connectivity index (χ1v) is 5.91. The molecular formula is C11H21N3O3. The predicted octanol–water partition coefficient (Wildman–Crippen LogP) is 0.396. The van der Waals surface area contributed by atoms with E-state index in [4.69, 9.17) is 15.7 Å². The lowest BCUT2D eigenvalue weighted by atomic mass is 9.98. The molecule has 0 unspecified atom stereocenters. The second-order valence-corrected chi connectivity index (χ2v) is 4.54. The molecule has 1 aliphatic heterocycles. The summed E-state index contributed by atoms with van der Waals surface area (Å²) >= 11 is 0. The van der Waals surface area contributed by atoms with Crippen molar-refractivity contribution in [3.63, 3.8) is 0 Å². The lowest BCUT2D eigenvalue weighted by molar-refractivity contribution is -0.139. The van der Waals surface area contributed by atoms with Gasteiger partial charge in [-0.25, -0.2) is 0 Å². The van der Waals surface area contributed by atoms with Gasteiger partial charge in [0, 0.05) is 25.2 Å². The fraction of sp³-hybridized carbons (Fsp3) is 0.818. The number of hydrogen-bond acceptors (Lipinski definition) is 4. The van der Waals surface area contributed by atoms with E-state index in [9.17, 15) is 4.79 Å². The van der Waals surface area contributed by atoms with Crippen LogP contribution in [0.1, 0.15) is 26.7 Å². The van der Waals surface area contributed by atoms with Crippen LogP contribution in [0.25, 0.3) is 0 Å². The third-order valence-electron chi connectivity index (χ3n) is 2.94. The Morgan fingerprint density at radius 1 is 1.53 bits per heavy atom. The highest BCUT2D eigenvalue weighted by atomic mass is 16.5. The lowest BCUT2D eigenvalue weighted by Gasteiger charge is -2.31. The van der Waals surface area contributed by atoms with Crippen molar-refractivity contribution in [3.05, 3.63) is 0 Å². The molecule has 0 aliphatic carbocycles. The number of oxime groups is 1. The third-order valence-corrected chi connectivity index (χ3v) is 2.94. The van der Waals surface area contributed by atoms with Gasteiger partial charge in [-0.05, 0) is 26.7 Å². The van der Waals surface area contributed by atoms with Crippen LogP contribution in [0.5, 0.6) is 0 Å². The summed E-state index contributed by atoms with van der Waals surface area (Å²) in [5.74, 6) is 0.117. The van der Waals surface area contributed by atoms with Gasteiger partial charge >= 0.3 is 0 Å². The topological polar surface area (TPSA) is 88.1 Å². The van der Waals surface area contributed by atoms with E-state index in [0.29, 0.717) is 13.2 Å². The molecule has 0 spiro atoms. The maximum Gasteiger partial charge on any atom is 0.226 e. The smallest absolute Gasteiger partial charge is 0.226 e. The minimum atomic E-state index is -0.00218. The standard InChI is InChI=1S/C11H21N3O3/c1-8(2)14(7-10(12)13-16)11(15)9-3-5-17-6-4-9/h8-9,16H,3-7H2,1-2H3,(H2,12,13). The Labute approximate surface area is 101 Å². The van der Waals surface area contributed by atoms with Crippen molar-refractivity contribution < 1.29 is 14.7 Å². The molecule has 0 radical (unpaired) electrons. The molecule has 1 heterocycles. The number of nitrogens with two attached hydrogens (primary N) is 1. The Kier molecular flexibility index (Phi) is 5.21. The Morgan fingerprint density at radius 3 is 2.59 bits per heavy atom. The predicted molar refractivity (Wildman–Crippen MR) is 63.8 cm³/mol. The molecule has 0 aromatic carbocycles. The Balaban J connectivity index is 2.65. The fourth-order valence-electron chi connectivity index (χ4n) is 1.90. The van der Waals surface area contributed by atoms with Crippen molar-refractivity contribution in [2.45, 2.75) is 32.7 Å². The van der Waals surface area contributed by atoms with Crippen molar-refractivity contribution in [2.75, 3.05) is 19.8 Å². The third kappa shape index (κ3) is 3.89. The molecule has 17 heavy (non-hydrogen) atoms. The molecule has 1 saturated heterocycles. The Hall–Kier alpha value is -1.30. The molecule has 6 nitrogen and oxygen atoms in total. The van der Waals surface area contributed by atoms with Crippen LogP contribution in [0, 0.1) is 5.92 Å². The van der Waals surface area contributed by atoms with E-state index in [1.54, 1.807) is 4.90 Å². The van der Waals surface area contributed by atoms with E-state index in [2.05, 4.69) is 5.16 Å². The summed E-state index contributed by atoms with van der Waals surface area (Å²) in [7, 11) is 0. The highest BCUT2D eigenvalue weighted by molar-refractivity contribution is 5.88. The number of hydrogen-bond donors (Lipinski definition) is 2. The van der Waals surface area contributed by atoms with Gasteiger partial charge in [0.25, 0.3) is 0 Å². The van der Waals surface area contributed by atoms with Crippen LogP contribution in [0.4, 0.5) is 0 Å². The number of amidine groups is 1. The zero-order valence-electron chi connectivity index (χ0n) is 10.4. The highest BCUT2D eigenvalue weighted by Crippen LogP contribution is 2.18. The molecule has 3 N–H and O–H groups in total. The first-order valence-electron chi connectivity index (χ1n) is 5.91. The van der Waals surface area contributed by atoms with Crippen LogP contribution in [0.2, 0.25) is 0 Å². The van der Waals surface area contributed by atoms with Gasteiger partial charge in [-0.1, -0.05) is 5.16 Å². The maximum atomic E-state index is 12.3. The van der Waals surface area contributed by atoms with Gasteiger partial charge in [-0.15, -0.1) is 0 Å². The first kappa shape index (κ1) is 13.8. The molecule has 0 aromatic rings. The summed E-state index contributed by atoms with van der Waals surface area (Å²) in [5.41, 5.74) is 5.46. The molecular weight excluding hydrogens is 222 g/mol. The monoisotopic (exact) mass is 243 g/mol. The summed E-state index contributed by atoms with van der Waals surface area (Å²) in [6.07, 6.45) is 1.50. The molecule has 0 atom stereocenters. The average molecular weight is 243 g/mol. The molecule has 1 aliphatic rings. The Bertz CT molecular complexity index is 286. The Morgan fingerprint density at radius 2 is 2.12 bits per heavy atom. The number of carbonyl (C=O) groups is 1. The molecule has 0 bridgehead atoms. The number of rotatable bonds is 4. The van der Waals surface area contributed by atoms with Crippen molar-refractivity contribution in [2.24, 2.45) is 16.8 Å². The molecule has 1 fully saturated rings. The van der Waals surface area contributed by atoms with Crippen molar-refractivity contribution in [1.82, 2.24) is 4.90 Å². The molecule has 98 valence electrons. The molecule has 1 amide bonds. The second kappa shape index (κ2) is 6.44. The maximum absolute atomic E-state index is 12.3. The largest absolute Gasteiger partial charge is 0.409 e. The minimum absolute atomic E-state index is 0.00218. The van der Waals surface area contributed by atoms with E-state index in [1.165, 1.54) is 0 Å². The van der Waals surface area contributed by atoms with Gasteiger partial charge in [-0.3, -0.25) is 4.79 Å². The van der Waals surface area contributed by atoms with E-state index < -0.39 is 0 Å². The SMILES string of the molecule is CC(C)N(CC(N)=NO)C(=O)C1CCOCC1. The van der Waals surface area contributed by atoms with Crippen LogP contribution in [-0.2, 0) is 9.53 Å². The number of carbonyl (C=O) groups excluding carboxylic acids is 1. The van der Waals surface area contributed by atoms with E-state index in [-0.39, 0.29) is 30.2 Å². The average Bonchev–Trinajstić information content (AvgIpc) is 2.35. The molecule has 1 rings (SSSR count). The minimum Gasteiger partial charge on any atom is -0.409 e. The zero-order chi connectivity index (χ0) is 12.8. The van der Waals surface area contributed by atoms with Crippen LogP contribution in [0.3, 0.4) is 0 Å². The van der Waals surface area contributed by atoms with Crippen LogP contribution >= 0.6 is 0 Å². The first-order chi connectivity index (χ1) is 8.06. The van der Waals surface area contributed by atoms with Crippen molar-refractivity contribution >= 4 is 11.7 Å². The number of nitrogens with zero attached hydrogens (tertiary/aromatic N) is 2. The lowest BCUT2D eigenvalue weighted by Crippen LogP contribution is -2.46. The second-order valence-electron chi connectivity index (χ2n) is 4.54. The van der Waals surface area contributed by atoms with E-state index in [1.807, 2.05) is 13.8 Å². The van der Waals surface area contributed by atoms with Gasteiger partial charge in [0.1, 0.15) is 0 Å². The summed E-state index contributed by atoms with van der Waals surface area (Å²) in [6, 6.07) is 0.0330. The highest BCUT2D eigenvalue weighted by Gasteiger charge is 2.28. The van der Waals surface area contributed by atoms with Crippen molar-refractivity contribution in [3.8, 4) is 0 Å². The molecule has 6 heteroatoms. The van der Waals surface area contributed by atoms with Gasteiger partial charge in [-0.2, -0.15) is 0 Å².